The van der Waals surface area contributed by atoms with Crippen LogP contribution < -0.4 is 15.6 Å². The third kappa shape index (κ3) is 4.84. The van der Waals surface area contributed by atoms with Crippen molar-refractivity contribution in [2.24, 2.45) is 0 Å². The number of methoxy groups -OCH3 is 1. The van der Waals surface area contributed by atoms with E-state index >= 15 is 0 Å². The number of aromatic nitrogens is 1. The number of rotatable bonds is 7. The summed E-state index contributed by atoms with van der Waals surface area (Å²) < 4.78 is 6.86. The summed E-state index contributed by atoms with van der Waals surface area (Å²) in [4.78, 5) is 26.2. The highest BCUT2D eigenvalue weighted by atomic mass is 35.5. The number of halogens is 1. The number of amides is 1. The van der Waals surface area contributed by atoms with Crippen LogP contribution in [-0.2, 0) is 13.0 Å². The Labute approximate surface area is 191 Å². The maximum atomic E-state index is 13.3. The van der Waals surface area contributed by atoms with Gasteiger partial charge < -0.3 is 14.6 Å². The number of benzene rings is 3. The summed E-state index contributed by atoms with van der Waals surface area (Å²) in [6.45, 7) is 0.778. The van der Waals surface area contributed by atoms with Crippen LogP contribution in [0.4, 0.5) is 0 Å². The lowest BCUT2D eigenvalue weighted by atomic mass is 10.1. The van der Waals surface area contributed by atoms with Gasteiger partial charge in [-0.05, 0) is 59.3 Å². The van der Waals surface area contributed by atoms with Crippen molar-refractivity contribution in [3.63, 3.8) is 0 Å². The lowest BCUT2D eigenvalue weighted by molar-refractivity contribution is 0.0952. The van der Waals surface area contributed by atoms with Crippen LogP contribution in [0, 0.1) is 0 Å². The van der Waals surface area contributed by atoms with Gasteiger partial charge in [0.05, 0.1) is 19.2 Å². The number of nitrogens with one attached hydrogen (secondary N) is 1. The maximum Gasteiger partial charge on any atom is 0.264 e. The molecule has 1 aromatic heterocycles. The van der Waals surface area contributed by atoms with Gasteiger partial charge in [0, 0.05) is 11.6 Å². The first-order valence-corrected chi connectivity index (χ1v) is 10.7. The molecule has 1 heterocycles. The van der Waals surface area contributed by atoms with Gasteiger partial charge >= 0.3 is 0 Å². The van der Waals surface area contributed by atoms with Gasteiger partial charge in [0.2, 0.25) is 0 Å². The summed E-state index contributed by atoms with van der Waals surface area (Å²) >= 11 is 5.92. The minimum atomic E-state index is -0.377. The lowest BCUT2D eigenvalue weighted by Crippen LogP contribution is -2.34. The molecule has 0 aliphatic heterocycles. The first kappa shape index (κ1) is 21.7. The molecule has 0 unspecified atom stereocenters. The maximum absolute atomic E-state index is 13.3. The molecule has 1 amide bonds. The molecule has 4 aromatic rings. The molecule has 6 heteroatoms. The normalized spacial score (nSPS) is 10.8. The van der Waals surface area contributed by atoms with Crippen LogP contribution in [0.1, 0.15) is 21.5 Å². The molecule has 0 aliphatic carbocycles. The van der Waals surface area contributed by atoms with Crippen LogP contribution >= 0.6 is 11.6 Å². The smallest absolute Gasteiger partial charge is 0.264 e. The predicted octanol–water partition coefficient (Wildman–Crippen LogP) is 4.68. The zero-order valence-corrected chi connectivity index (χ0v) is 18.4. The Balaban J connectivity index is 1.59. The number of para-hydroxylation sites is 1. The van der Waals surface area contributed by atoms with Gasteiger partial charge in [0.15, 0.2) is 0 Å². The summed E-state index contributed by atoms with van der Waals surface area (Å²) in [5.74, 6) is 0.373. The number of carbonyl (C=O) groups is 1. The Kier molecular flexibility index (Phi) is 6.57. The molecular weight excluding hydrogens is 424 g/mol. The van der Waals surface area contributed by atoms with Gasteiger partial charge in [-0.25, -0.2) is 0 Å². The van der Waals surface area contributed by atoms with Crippen LogP contribution in [0.15, 0.2) is 83.7 Å². The van der Waals surface area contributed by atoms with Gasteiger partial charge in [-0.3, -0.25) is 9.59 Å². The summed E-state index contributed by atoms with van der Waals surface area (Å²) in [7, 11) is 1.61. The van der Waals surface area contributed by atoms with E-state index in [1.54, 1.807) is 17.7 Å². The topological polar surface area (TPSA) is 60.3 Å². The number of nitrogens with zero attached hydrogens (tertiary/aromatic N) is 1. The van der Waals surface area contributed by atoms with Gasteiger partial charge in [-0.15, -0.1) is 0 Å². The largest absolute Gasteiger partial charge is 0.497 e. The summed E-state index contributed by atoms with van der Waals surface area (Å²) in [6.07, 6.45) is 0.649. The average Bonchev–Trinajstić information content (AvgIpc) is 2.82. The van der Waals surface area contributed by atoms with Crippen LogP contribution in [0.25, 0.3) is 10.9 Å². The second kappa shape index (κ2) is 9.71. The van der Waals surface area contributed by atoms with Crippen molar-refractivity contribution < 1.29 is 9.53 Å². The molecule has 0 spiro atoms. The second-order valence-corrected chi connectivity index (χ2v) is 7.93. The van der Waals surface area contributed by atoms with E-state index in [1.165, 1.54) is 0 Å². The zero-order chi connectivity index (χ0) is 22.5. The van der Waals surface area contributed by atoms with Crippen molar-refractivity contribution in [2.45, 2.75) is 13.0 Å². The van der Waals surface area contributed by atoms with Crippen LogP contribution in [-0.4, -0.2) is 24.1 Å². The van der Waals surface area contributed by atoms with Gasteiger partial charge in [-0.1, -0.05) is 54.1 Å². The molecule has 0 bridgehead atoms. The second-order valence-electron chi connectivity index (χ2n) is 7.49. The highest BCUT2D eigenvalue weighted by molar-refractivity contribution is 6.30. The van der Waals surface area contributed by atoms with Crippen molar-refractivity contribution in [3.8, 4) is 5.75 Å². The minimum Gasteiger partial charge on any atom is -0.497 e. The molecule has 0 atom stereocenters. The molecule has 5 nitrogen and oxygen atoms in total. The van der Waals surface area contributed by atoms with E-state index < -0.39 is 0 Å². The molecule has 3 aromatic carbocycles. The van der Waals surface area contributed by atoms with Crippen LogP contribution in [0.2, 0.25) is 5.02 Å². The third-order valence-electron chi connectivity index (χ3n) is 5.36. The van der Waals surface area contributed by atoms with Crippen LogP contribution in [0.3, 0.4) is 0 Å². The van der Waals surface area contributed by atoms with Crippen molar-refractivity contribution in [3.05, 3.63) is 111 Å². The number of ether oxygens (including phenoxy) is 1. The van der Waals surface area contributed by atoms with Crippen molar-refractivity contribution in [2.75, 3.05) is 13.7 Å². The van der Waals surface area contributed by atoms with E-state index in [2.05, 4.69) is 5.32 Å². The first-order chi connectivity index (χ1) is 15.5. The Morgan fingerprint density at radius 3 is 2.38 bits per heavy atom. The molecule has 1 N–H and O–H groups in total. The molecule has 4 rings (SSSR count). The van der Waals surface area contributed by atoms with Crippen molar-refractivity contribution >= 4 is 28.4 Å². The predicted molar refractivity (Wildman–Crippen MR) is 128 cm³/mol. The average molecular weight is 447 g/mol. The fourth-order valence-electron chi connectivity index (χ4n) is 3.63. The monoisotopic (exact) mass is 446 g/mol. The summed E-state index contributed by atoms with van der Waals surface area (Å²) in [5, 5.41) is 4.38. The molecule has 0 aliphatic rings. The minimum absolute atomic E-state index is 0.133. The quantitative estimate of drug-likeness (QED) is 0.448. The molecule has 0 saturated carbocycles. The number of carbonyl (C=O) groups excluding carboxylic acids is 1. The number of hydrogen-bond donors (Lipinski definition) is 1. The summed E-state index contributed by atoms with van der Waals surface area (Å²) in [6, 6.07) is 24.3. The molecule has 162 valence electrons. The van der Waals surface area contributed by atoms with Gasteiger partial charge in [-0.2, -0.15) is 0 Å². The molecule has 0 saturated heterocycles. The van der Waals surface area contributed by atoms with Crippen molar-refractivity contribution in [1.29, 1.82) is 0 Å². The molecule has 32 heavy (non-hydrogen) atoms. The van der Waals surface area contributed by atoms with Crippen molar-refractivity contribution in [1.82, 2.24) is 9.88 Å². The lowest BCUT2D eigenvalue weighted by Gasteiger charge is -2.14. The third-order valence-corrected chi connectivity index (χ3v) is 5.61. The fourth-order valence-corrected chi connectivity index (χ4v) is 3.75. The Bertz CT molecular complexity index is 1300. The SMILES string of the molecule is COc1ccc(Cn2c(=O)c(C(=O)NCCc3ccc(Cl)cc3)cc3ccccc32)cc1. The number of pyridine rings is 1. The van der Waals surface area contributed by atoms with E-state index in [9.17, 15) is 9.59 Å². The van der Waals surface area contributed by atoms with E-state index in [1.807, 2.05) is 72.8 Å². The number of fused-ring (bicyclic) bond motifs is 1. The van der Waals surface area contributed by atoms with Crippen LogP contribution in [0.5, 0.6) is 5.75 Å². The number of hydrogen-bond acceptors (Lipinski definition) is 3. The summed E-state index contributed by atoms with van der Waals surface area (Å²) in [5.41, 5.74) is 2.60. The first-order valence-electron chi connectivity index (χ1n) is 10.3. The standard InChI is InChI=1S/C26H23ClN2O3/c1-32-22-12-8-19(9-13-22)17-29-24-5-3-2-4-20(24)16-23(26(29)31)25(30)28-15-14-18-6-10-21(27)11-7-18/h2-13,16H,14-15,17H2,1H3,(H,28,30). The molecule has 0 radical (unpaired) electrons. The highest BCUT2D eigenvalue weighted by Gasteiger charge is 2.16. The van der Waals surface area contributed by atoms with E-state index in [0.717, 1.165) is 27.8 Å². The van der Waals surface area contributed by atoms with Gasteiger partial charge in [0.1, 0.15) is 11.3 Å². The van der Waals surface area contributed by atoms with E-state index in [4.69, 9.17) is 16.3 Å². The highest BCUT2D eigenvalue weighted by Crippen LogP contribution is 2.17. The van der Waals surface area contributed by atoms with Gasteiger partial charge in [0.25, 0.3) is 11.5 Å². The van der Waals surface area contributed by atoms with E-state index in [0.29, 0.717) is 24.5 Å². The van der Waals surface area contributed by atoms with E-state index in [-0.39, 0.29) is 17.0 Å². The Hall–Kier alpha value is -3.57. The molecule has 0 fully saturated rings. The fraction of sp³-hybridized carbons (Fsp3) is 0.154. The Morgan fingerprint density at radius 2 is 1.66 bits per heavy atom. The molecular formula is C26H23ClN2O3. The zero-order valence-electron chi connectivity index (χ0n) is 17.7. The Morgan fingerprint density at radius 1 is 0.969 bits per heavy atom.